The Balaban J connectivity index is 1.76. The topological polar surface area (TPSA) is 122 Å². The van der Waals surface area contributed by atoms with Gasteiger partial charge in [0.25, 0.3) is 0 Å². The highest BCUT2D eigenvalue weighted by Gasteiger charge is 2.32. The van der Waals surface area contributed by atoms with E-state index in [4.69, 9.17) is 14.6 Å². The van der Waals surface area contributed by atoms with Crippen LogP contribution in [0.15, 0.2) is 53.0 Å². The SMILES string of the molecule is COC(=O)c1sc(-c2cccc(N(C3CCNCC3)S(=O)(=O)Cc3ccc(F)cc3)c2)c(Br)c1OCC(=O)O. The number of esters is 1. The van der Waals surface area contributed by atoms with Crippen LogP contribution < -0.4 is 14.4 Å². The number of aliphatic carboxylic acids is 1. The Hall–Kier alpha value is -3.00. The summed E-state index contributed by atoms with van der Waals surface area (Å²) in [7, 11) is -2.67. The molecule has 2 heterocycles. The number of carbonyl (C=O) groups excluding carboxylic acids is 1. The second-order valence-electron chi connectivity index (χ2n) is 8.79. The standard InChI is InChI=1S/C26H26BrFN2O7S2/c1-36-26(33)25-23(37-14-21(31)32)22(27)24(38-25)17-3-2-4-20(13-17)30(19-9-11-29-12-10-19)39(34,35)15-16-5-7-18(28)8-6-16/h2-8,13,19,29H,9-12,14-15H2,1H3,(H,31,32). The van der Waals surface area contributed by atoms with Crippen LogP contribution in [0.5, 0.6) is 5.75 Å². The van der Waals surface area contributed by atoms with Gasteiger partial charge in [0.2, 0.25) is 10.0 Å². The summed E-state index contributed by atoms with van der Waals surface area (Å²) in [5.41, 5.74) is 1.50. The number of thiophene rings is 1. The predicted octanol–water partition coefficient (Wildman–Crippen LogP) is 4.66. The molecule has 9 nitrogen and oxygen atoms in total. The highest BCUT2D eigenvalue weighted by atomic mass is 79.9. The average molecular weight is 642 g/mol. The van der Waals surface area contributed by atoms with E-state index >= 15 is 0 Å². The average Bonchev–Trinajstić information content (AvgIpc) is 3.25. The predicted molar refractivity (Wildman–Crippen MR) is 149 cm³/mol. The third-order valence-corrected chi connectivity index (χ3v) is 10.1. The van der Waals surface area contributed by atoms with Gasteiger partial charge in [0.05, 0.1) is 27.9 Å². The van der Waals surface area contributed by atoms with E-state index in [0.717, 1.165) is 11.3 Å². The van der Waals surface area contributed by atoms with Crippen LogP contribution in [0.1, 0.15) is 28.1 Å². The van der Waals surface area contributed by atoms with Crippen LogP contribution in [0.2, 0.25) is 0 Å². The summed E-state index contributed by atoms with van der Waals surface area (Å²) in [5, 5.41) is 12.3. The van der Waals surface area contributed by atoms with Crippen molar-refractivity contribution in [3.05, 3.63) is 69.3 Å². The summed E-state index contributed by atoms with van der Waals surface area (Å²) < 4.78 is 53.0. The second kappa shape index (κ2) is 12.5. The fraction of sp³-hybridized carbons (Fsp3) is 0.308. The first-order valence-electron chi connectivity index (χ1n) is 11.9. The molecule has 1 saturated heterocycles. The number of rotatable bonds is 10. The lowest BCUT2D eigenvalue weighted by molar-refractivity contribution is -0.139. The summed E-state index contributed by atoms with van der Waals surface area (Å²) in [6, 6.07) is 12.0. The highest BCUT2D eigenvalue weighted by molar-refractivity contribution is 9.10. The Morgan fingerprint density at radius 2 is 1.87 bits per heavy atom. The second-order valence-corrected chi connectivity index (χ2v) is 12.4. The number of sulfonamides is 1. The van der Waals surface area contributed by atoms with Crippen LogP contribution in [0.3, 0.4) is 0 Å². The molecule has 2 aromatic carbocycles. The molecule has 0 atom stereocenters. The maximum atomic E-state index is 13.8. The molecule has 0 unspecified atom stereocenters. The molecule has 4 rings (SSSR count). The number of methoxy groups -OCH3 is 1. The third-order valence-electron chi connectivity index (χ3n) is 6.08. The summed E-state index contributed by atoms with van der Waals surface area (Å²) in [6.45, 7) is 0.663. The van der Waals surface area contributed by atoms with Crippen LogP contribution in [-0.4, -0.2) is 58.3 Å². The van der Waals surface area contributed by atoms with Crippen molar-refractivity contribution < 1.29 is 37.0 Å². The number of carbonyl (C=O) groups is 2. The van der Waals surface area contributed by atoms with Crippen molar-refractivity contribution in [2.45, 2.75) is 24.6 Å². The molecule has 3 aromatic rings. The normalized spacial score (nSPS) is 14.1. The van der Waals surface area contributed by atoms with E-state index in [1.54, 1.807) is 24.3 Å². The van der Waals surface area contributed by atoms with E-state index in [9.17, 15) is 22.4 Å². The molecule has 0 radical (unpaired) electrons. The summed E-state index contributed by atoms with van der Waals surface area (Å²) in [6.07, 6.45) is 1.21. The van der Waals surface area contributed by atoms with Gasteiger partial charge in [0.1, 0.15) is 5.82 Å². The molecule has 2 N–H and O–H groups in total. The van der Waals surface area contributed by atoms with Gasteiger partial charge in [-0.25, -0.2) is 22.4 Å². The summed E-state index contributed by atoms with van der Waals surface area (Å²) >= 11 is 4.47. The fourth-order valence-corrected chi connectivity index (χ4v) is 8.18. The smallest absolute Gasteiger partial charge is 0.351 e. The number of carboxylic acids is 1. The highest BCUT2D eigenvalue weighted by Crippen LogP contribution is 2.46. The monoisotopic (exact) mass is 640 g/mol. The number of carboxylic acid groups (broad SMARTS) is 1. The molecule has 0 bridgehead atoms. The Morgan fingerprint density at radius 3 is 2.51 bits per heavy atom. The van der Waals surface area contributed by atoms with E-state index < -0.39 is 34.4 Å². The number of hydrogen-bond donors (Lipinski definition) is 2. The van der Waals surface area contributed by atoms with E-state index in [2.05, 4.69) is 21.2 Å². The Morgan fingerprint density at radius 1 is 1.18 bits per heavy atom. The van der Waals surface area contributed by atoms with Crippen LogP contribution in [0.25, 0.3) is 10.4 Å². The molecule has 1 aliphatic heterocycles. The van der Waals surface area contributed by atoms with Gasteiger partial charge in [-0.1, -0.05) is 24.3 Å². The Bertz CT molecular complexity index is 1460. The lowest BCUT2D eigenvalue weighted by atomic mass is 10.1. The number of piperidine rings is 1. The van der Waals surface area contributed by atoms with Gasteiger partial charge in [0, 0.05) is 6.04 Å². The van der Waals surface area contributed by atoms with Crippen molar-refractivity contribution in [3.8, 4) is 16.2 Å². The molecular formula is C26H26BrFN2O7S2. The summed E-state index contributed by atoms with van der Waals surface area (Å²) in [5.74, 6) is -2.62. The minimum Gasteiger partial charge on any atom is -0.479 e. The van der Waals surface area contributed by atoms with Crippen LogP contribution in [0, 0.1) is 5.82 Å². The minimum atomic E-state index is -3.88. The zero-order valence-electron chi connectivity index (χ0n) is 20.9. The van der Waals surface area contributed by atoms with Crippen LogP contribution >= 0.6 is 27.3 Å². The third kappa shape index (κ3) is 6.78. The minimum absolute atomic E-state index is 0.0359. The molecule has 208 valence electrons. The largest absolute Gasteiger partial charge is 0.479 e. The number of benzene rings is 2. The van der Waals surface area contributed by atoms with Crippen molar-refractivity contribution in [3.63, 3.8) is 0 Å². The number of anilines is 1. The van der Waals surface area contributed by atoms with E-state index in [-0.39, 0.29) is 22.4 Å². The van der Waals surface area contributed by atoms with E-state index in [1.807, 2.05) is 0 Å². The Labute approximate surface area is 237 Å². The maximum absolute atomic E-state index is 13.8. The lowest BCUT2D eigenvalue weighted by Crippen LogP contribution is -2.46. The molecule has 1 aliphatic rings. The van der Waals surface area contributed by atoms with Gasteiger partial charge in [-0.15, -0.1) is 11.3 Å². The molecule has 1 aromatic heterocycles. The van der Waals surface area contributed by atoms with Crippen LogP contribution in [-0.2, 0) is 25.3 Å². The number of nitrogens with one attached hydrogen (secondary N) is 1. The van der Waals surface area contributed by atoms with Gasteiger partial charge in [-0.05, 0) is 77.3 Å². The fourth-order valence-electron chi connectivity index (χ4n) is 4.36. The van der Waals surface area contributed by atoms with E-state index in [1.165, 1.54) is 35.7 Å². The molecule has 39 heavy (non-hydrogen) atoms. The number of halogens is 2. The van der Waals surface area contributed by atoms with Gasteiger partial charge in [-0.3, -0.25) is 4.31 Å². The molecule has 0 aliphatic carbocycles. The van der Waals surface area contributed by atoms with Crippen molar-refractivity contribution in [2.24, 2.45) is 0 Å². The number of nitrogens with zero attached hydrogens (tertiary/aromatic N) is 1. The first-order valence-corrected chi connectivity index (χ1v) is 15.2. The van der Waals surface area contributed by atoms with Gasteiger partial charge in [0.15, 0.2) is 17.2 Å². The first-order chi connectivity index (χ1) is 18.6. The van der Waals surface area contributed by atoms with Crippen molar-refractivity contribution in [1.29, 1.82) is 0 Å². The van der Waals surface area contributed by atoms with Crippen LogP contribution in [0.4, 0.5) is 10.1 Å². The molecule has 1 fully saturated rings. The first kappa shape index (κ1) is 29.0. The molecular weight excluding hydrogens is 615 g/mol. The van der Waals surface area contributed by atoms with Crippen molar-refractivity contribution in [2.75, 3.05) is 31.1 Å². The zero-order valence-corrected chi connectivity index (χ0v) is 24.1. The lowest BCUT2D eigenvalue weighted by Gasteiger charge is -2.35. The van der Waals surface area contributed by atoms with Gasteiger partial charge < -0.3 is 19.9 Å². The molecule has 0 saturated carbocycles. The summed E-state index contributed by atoms with van der Waals surface area (Å²) in [4.78, 5) is 24.1. The van der Waals surface area contributed by atoms with Gasteiger partial charge in [-0.2, -0.15) is 0 Å². The van der Waals surface area contributed by atoms with Crippen molar-refractivity contribution >= 4 is 54.9 Å². The number of hydrogen-bond acceptors (Lipinski definition) is 8. The zero-order chi connectivity index (χ0) is 28.2. The van der Waals surface area contributed by atoms with Gasteiger partial charge >= 0.3 is 11.9 Å². The quantitative estimate of drug-likeness (QED) is 0.307. The molecule has 0 spiro atoms. The van der Waals surface area contributed by atoms with Crippen molar-refractivity contribution in [1.82, 2.24) is 5.32 Å². The number of ether oxygens (including phenoxy) is 2. The van der Waals surface area contributed by atoms with E-state index in [0.29, 0.717) is 52.1 Å². The molecule has 0 amide bonds. The maximum Gasteiger partial charge on any atom is 0.351 e. The Kier molecular flexibility index (Phi) is 9.26. The molecule has 13 heteroatoms.